The van der Waals surface area contributed by atoms with Crippen LogP contribution in [0.3, 0.4) is 0 Å². The van der Waals surface area contributed by atoms with Crippen molar-refractivity contribution < 1.29 is 31.5 Å². The molecule has 1 aromatic carbocycles. The summed E-state index contributed by atoms with van der Waals surface area (Å²) in [6.45, 7) is 3.01. The molecule has 0 bridgehead atoms. The fourth-order valence-corrected chi connectivity index (χ4v) is 6.49. The number of benzene rings is 1. The van der Waals surface area contributed by atoms with Crippen LogP contribution in [-0.4, -0.2) is 49.6 Å². The van der Waals surface area contributed by atoms with Gasteiger partial charge in [-0.3, -0.25) is 9.59 Å². The highest BCUT2D eigenvalue weighted by Crippen LogP contribution is 2.31. The Kier molecular flexibility index (Phi) is 8.78. The highest BCUT2D eigenvalue weighted by atomic mass is 32.2. The van der Waals surface area contributed by atoms with Crippen LogP contribution in [0.5, 0.6) is 0 Å². The maximum absolute atomic E-state index is 14.0. The zero-order valence-corrected chi connectivity index (χ0v) is 21.0. The van der Waals surface area contributed by atoms with Crippen LogP contribution < -0.4 is 15.8 Å². The standard InChI is InChI=1S/C22H28F2N4O5S2/c1-12(10-33-13(2)29)11-35(31,32)28-15-8-6-14(7-9-15)26-22-27-21(25)20(34-22)19(30)18-16(23)4-3-5-17(18)24/h3-5,12,14-15,28H,6-11,25H2,1-2H3,(H,26,27)/t12-,14-,15-/m1/s1. The summed E-state index contributed by atoms with van der Waals surface area (Å²) < 4.78 is 60.4. The molecule has 0 radical (unpaired) electrons. The summed E-state index contributed by atoms with van der Waals surface area (Å²) in [5.74, 6) is -3.86. The Bertz CT molecular complexity index is 1160. The molecule has 9 nitrogen and oxygen atoms in total. The van der Waals surface area contributed by atoms with Crippen molar-refractivity contribution >= 4 is 44.1 Å². The number of esters is 1. The summed E-state index contributed by atoms with van der Waals surface area (Å²) >= 11 is 0.920. The minimum Gasteiger partial charge on any atom is -0.466 e. The van der Waals surface area contributed by atoms with Gasteiger partial charge in [-0.05, 0) is 37.8 Å². The van der Waals surface area contributed by atoms with E-state index < -0.39 is 39.0 Å². The Morgan fingerprint density at radius 3 is 2.40 bits per heavy atom. The highest BCUT2D eigenvalue weighted by Gasteiger charge is 2.28. The predicted octanol–water partition coefficient (Wildman–Crippen LogP) is 3.08. The number of nitrogens with two attached hydrogens (primary N) is 1. The smallest absolute Gasteiger partial charge is 0.302 e. The molecule has 192 valence electrons. The quantitative estimate of drug-likeness (QED) is 0.314. The van der Waals surface area contributed by atoms with Crippen molar-refractivity contribution in [3.63, 3.8) is 0 Å². The zero-order valence-electron chi connectivity index (χ0n) is 19.3. The Morgan fingerprint density at radius 1 is 1.20 bits per heavy atom. The van der Waals surface area contributed by atoms with Crippen molar-refractivity contribution in [2.45, 2.75) is 51.6 Å². The Hall–Kier alpha value is -2.64. The number of ketones is 1. The molecule has 13 heteroatoms. The molecule has 4 N–H and O–H groups in total. The number of hydrogen-bond acceptors (Lipinski definition) is 9. The van der Waals surface area contributed by atoms with Crippen molar-refractivity contribution in [3.8, 4) is 0 Å². The molecule has 1 aromatic heterocycles. The number of ether oxygens (including phenoxy) is 1. The van der Waals surface area contributed by atoms with E-state index in [0.29, 0.717) is 30.8 Å². The molecule has 0 aliphatic heterocycles. The number of sulfonamides is 1. The van der Waals surface area contributed by atoms with E-state index in [4.69, 9.17) is 10.5 Å². The molecule has 1 saturated carbocycles. The molecule has 1 atom stereocenters. The van der Waals surface area contributed by atoms with Gasteiger partial charge in [-0.2, -0.15) is 0 Å². The molecule has 0 amide bonds. The second-order valence-electron chi connectivity index (χ2n) is 8.66. The average Bonchev–Trinajstić information content (AvgIpc) is 3.13. The van der Waals surface area contributed by atoms with Gasteiger partial charge in [-0.1, -0.05) is 24.3 Å². The van der Waals surface area contributed by atoms with Crippen molar-refractivity contribution in [1.82, 2.24) is 9.71 Å². The van der Waals surface area contributed by atoms with Crippen LogP contribution in [0.2, 0.25) is 0 Å². The van der Waals surface area contributed by atoms with Gasteiger partial charge in [0.15, 0.2) is 5.13 Å². The number of carbonyl (C=O) groups excluding carboxylic acids is 2. The van der Waals surface area contributed by atoms with E-state index >= 15 is 0 Å². The lowest BCUT2D eigenvalue weighted by Crippen LogP contribution is -2.42. The minimum absolute atomic E-state index is 0.0302. The first-order chi connectivity index (χ1) is 16.4. The summed E-state index contributed by atoms with van der Waals surface area (Å²) in [4.78, 5) is 27.6. The molecule has 1 fully saturated rings. The third kappa shape index (κ3) is 7.42. The Balaban J connectivity index is 1.53. The van der Waals surface area contributed by atoms with Gasteiger partial charge in [-0.15, -0.1) is 0 Å². The third-order valence-electron chi connectivity index (χ3n) is 5.53. The maximum atomic E-state index is 14.0. The molecule has 1 heterocycles. The summed E-state index contributed by atoms with van der Waals surface area (Å²) in [5.41, 5.74) is 5.17. The normalized spacial score (nSPS) is 19.2. The largest absolute Gasteiger partial charge is 0.466 e. The van der Waals surface area contributed by atoms with E-state index in [1.165, 1.54) is 13.0 Å². The van der Waals surface area contributed by atoms with Crippen molar-refractivity contribution in [3.05, 3.63) is 40.3 Å². The average molecular weight is 531 g/mol. The van der Waals surface area contributed by atoms with Gasteiger partial charge in [0.1, 0.15) is 22.3 Å². The molecule has 0 spiro atoms. The van der Waals surface area contributed by atoms with Crippen LogP contribution >= 0.6 is 11.3 Å². The van der Waals surface area contributed by atoms with Crippen molar-refractivity contribution in [1.29, 1.82) is 0 Å². The van der Waals surface area contributed by atoms with E-state index in [1.807, 2.05) is 0 Å². The first-order valence-corrected chi connectivity index (χ1v) is 13.6. The molecule has 3 rings (SSSR count). The maximum Gasteiger partial charge on any atom is 0.302 e. The van der Waals surface area contributed by atoms with E-state index in [0.717, 1.165) is 23.5 Å². The van der Waals surface area contributed by atoms with Gasteiger partial charge in [0.25, 0.3) is 0 Å². The van der Waals surface area contributed by atoms with E-state index in [2.05, 4.69) is 15.0 Å². The number of anilines is 2. The lowest BCUT2D eigenvalue weighted by atomic mass is 9.92. The number of nitrogens with one attached hydrogen (secondary N) is 2. The first kappa shape index (κ1) is 27.0. The molecular formula is C22H28F2N4O5S2. The number of thiazole rings is 1. The molecule has 0 unspecified atom stereocenters. The molecule has 35 heavy (non-hydrogen) atoms. The second-order valence-corrected chi connectivity index (χ2v) is 11.5. The Morgan fingerprint density at radius 2 is 1.80 bits per heavy atom. The number of nitrogen functional groups attached to an aromatic ring is 1. The van der Waals surface area contributed by atoms with Gasteiger partial charge >= 0.3 is 5.97 Å². The van der Waals surface area contributed by atoms with Crippen molar-refractivity contribution in [2.24, 2.45) is 5.92 Å². The number of hydrogen-bond donors (Lipinski definition) is 3. The van der Waals surface area contributed by atoms with Crippen LogP contribution in [0.4, 0.5) is 19.7 Å². The minimum atomic E-state index is -3.54. The van der Waals surface area contributed by atoms with Crippen LogP contribution in [0, 0.1) is 17.6 Å². The van der Waals surface area contributed by atoms with E-state index in [1.54, 1.807) is 6.92 Å². The van der Waals surface area contributed by atoms with Crippen LogP contribution in [-0.2, 0) is 19.6 Å². The monoisotopic (exact) mass is 530 g/mol. The van der Waals surface area contributed by atoms with E-state index in [9.17, 15) is 26.8 Å². The second kappa shape index (κ2) is 11.4. The van der Waals surface area contributed by atoms with Gasteiger partial charge in [0, 0.05) is 24.9 Å². The lowest BCUT2D eigenvalue weighted by Gasteiger charge is -2.29. The molecule has 2 aromatic rings. The summed E-state index contributed by atoms with van der Waals surface area (Å²) in [7, 11) is -3.54. The summed E-state index contributed by atoms with van der Waals surface area (Å²) in [6.07, 6.45) is 2.45. The Labute approximate surface area is 206 Å². The number of halogens is 2. The number of aromatic nitrogens is 1. The van der Waals surface area contributed by atoms with Gasteiger partial charge in [-0.25, -0.2) is 26.9 Å². The van der Waals surface area contributed by atoms with Crippen LogP contribution in [0.15, 0.2) is 18.2 Å². The molecule has 0 saturated heterocycles. The van der Waals surface area contributed by atoms with Crippen LogP contribution in [0.1, 0.15) is 54.8 Å². The number of carbonyl (C=O) groups is 2. The zero-order chi connectivity index (χ0) is 25.8. The fourth-order valence-electron chi connectivity index (χ4n) is 3.90. The van der Waals surface area contributed by atoms with Gasteiger partial charge < -0.3 is 15.8 Å². The number of nitrogens with zero attached hydrogens (tertiary/aromatic N) is 1. The number of rotatable bonds is 10. The highest BCUT2D eigenvalue weighted by molar-refractivity contribution is 7.89. The fraction of sp³-hybridized carbons (Fsp3) is 0.500. The summed E-state index contributed by atoms with van der Waals surface area (Å²) in [5, 5.41) is 3.54. The van der Waals surface area contributed by atoms with Crippen molar-refractivity contribution in [2.75, 3.05) is 23.4 Å². The third-order valence-corrected chi connectivity index (χ3v) is 8.23. The van der Waals surface area contributed by atoms with E-state index in [-0.39, 0.29) is 41.1 Å². The lowest BCUT2D eigenvalue weighted by molar-refractivity contribution is -0.141. The SMILES string of the molecule is CC(=O)OC[C@@H](C)CS(=O)(=O)N[C@H]1CC[C@H](Nc2nc(N)c(C(=O)c3c(F)cccc3F)s2)CC1. The summed E-state index contributed by atoms with van der Waals surface area (Å²) in [6, 6.07) is 2.92. The molecule has 1 aliphatic rings. The molecular weight excluding hydrogens is 502 g/mol. The van der Waals surface area contributed by atoms with Gasteiger partial charge in [0.05, 0.1) is 17.9 Å². The molecule has 1 aliphatic carbocycles. The van der Waals surface area contributed by atoms with Crippen LogP contribution in [0.25, 0.3) is 0 Å². The topological polar surface area (TPSA) is 140 Å². The first-order valence-electron chi connectivity index (χ1n) is 11.1. The predicted molar refractivity (Wildman–Crippen MR) is 129 cm³/mol. The van der Waals surface area contributed by atoms with Gasteiger partial charge in [0.2, 0.25) is 15.8 Å².